The van der Waals surface area contributed by atoms with Gasteiger partial charge in [-0.1, -0.05) is 30.7 Å². The molecule has 0 aromatic heterocycles. The summed E-state index contributed by atoms with van der Waals surface area (Å²) in [5.74, 6) is -1.43. The van der Waals surface area contributed by atoms with Crippen LogP contribution in [-0.4, -0.2) is 16.2 Å². The average molecular weight is 206 g/mol. The first-order chi connectivity index (χ1) is 6.96. The molecule has 0 fully saturated rings. The Morgan fingerprint density at radius 1 is 1.53 bits per heavy atom. The van der Waals surface area contributed by atoms with Crippen LogP contribution in [0.15, 0.2) is 18.2 Å². The molecule has 0 spiro atoms. The summed E-state index contributed by atoms with van der Waals surface area (Å²) in [5.41, 5.74) is 0.888. The van der Waals surface area contributed by atoms with Crippen molar-refractivity contribution in [1.82, 2.24) is 0 Å². The second-order valence-electron chi connectivity index (χ2n) is 4.34. The van der Waals surface area contributed by atoms with E-state index < -0.39 is 11.6 Å². The molecule has 0 heterocycles. The smallest absolute Gasteiger partial charge is 0.340 e. The molecule has 1 aliphatic rings. The van der Waals surface area contributed by atoms with Gasteiger partial charge in [0.15, 0.2) is 5.60 Å². The fourth-order valence-corrected chi connectivity index (χ4v) is 2.33. The van der Waals surface area contributed by atoms with Gasteiger partial charge in [0.1, 0.15) is 0 Å². The van der Waals surface area contributed by atoms with Gasteiger partial charge < -0.3 is 10.2 Å². The van der Waals surface area contributed by atoms with E-state index in [1.807, 2.05) is 19.1 Å². The van der Waals surface area contributed by atoms with E-state index in [1.165, 1.54) is 0 Å². The molecule has 2 unspecified atom stereocenters. The normalized spacial score (nSPS) is 28.9. The van der Waals surface area contributed by atoms with E-state index in [4.69, 9.17) is 5.11 Å². The molecule has 0 radical (unpaired) electrons. The molecule has 3 heteroatoms. The maximum atomic E-state index is 11.1. The van der Waals surface area contributed by atoms with Crippen LogP contribution in [0.3, 0.4) is 0 Å². The fourth-order valence-electron chi connectivity index (χ4n) is 2.33. The first-order valence-electron chi connectivity index (χ1n) is 5.02. The highest BCUT2D eigenvalue weighted by Crippen LogP contribution is 2.41. The van der Waals surface area contributed by atoms with Crippen molar-refractivity contribution in [1.29, 1.82) is 0 Å². The average Bonchev–Trinajstić information content (AvgIpc) is 2.39. The third kappa shape index (κ3) is 1.27. The summed E-state index contributed by atoms with van der Waals surface area (Å²) < 4.78 is 0. The standard InChI is InChI=1S/C12H14O3/c1-7-3-4-10-9(5-7)6-8(2)12(10,15)11(13)14/h3-5,8,15H,6H2,1-2H3,(H,13,14). The third-order valence-corrected chi connectivity index (χ3v) is 3.24. The number of rotatable bonds is 1. The number of carboxylic acid groups (broad SMARTS) is 1. The van der Waals surface area contributed by atoms with Crippen LogP contribution in [-0.2, 0) is 16.8 Å². The van der Waals surface area contributed by atoms with Crippen molar-refractivity contribution < 1.29 is 15.0 Å². The van der Waals surface area contributed by atoms with Gasteiger partial charge in [0.25, 0.3) is 0 Å². The van der Waals surface area contributed by atoms with E-state index in [2.05, 4.69) is 0 Å². The lowest BCUT2D eigenvalue weighted by molar-refractivity contribution is -0.164. The van der Waals surface area contributed by atoms with Crippen LogP contribution < -0.4 is 0 Å². The number of carboxylic acids is 1. The molecule has 15 heavy (non-hydrogen) atoms. The van der Waals surface area contributed by atoms with Gasteiger partial charge in [-0.25, -0.2) is 4.79 Å². The second kappa shape index (κ2) is 3.07. The molecule has 80 valence electrons. The Morgan fingerprint density at radius 3 is 2.80 bits per heavy atom. The molecule has 0 saturated heterocycles. The zero-order chi connectivity index (χ0) is 11.2. The van der Waals surface area contributed by atoms with Crippen molar-refractivity contribution in [2.75, 3.05) is 0 Å². The summed E-state index contributed by atoms with van der Waals surface area (Å²) in [7, 11) is 0. The number of aliphatic carboxylic acids is 1. The lowest BCUT2D eigenvalue weighted by Crippen LogP contribution is -2.38. The van der Waals surface area contributed by atoms with Crippen molar-refractivity contribution in [3.05, 3.63) is 34.9 Å². The summed E-state index contributed by atoms with van der Waals surface area (Å²) in [6, 6.07) is 5.51. The van der Waals surface area contributed by atoms with Crippen LogP contribution in [0, 0.1) is 12.8 Å². The number of carbonyl (C=O) groups is 1. The number of aryl methyl sites for hydroxylation is 1. The molecule has 2 N–H and O–H groups in total. The molecule has 0 bridgehead atoms. The van der Waals surface area contributed by atoms with Gasteiger partial charge >= 0.3 is 5.97 Å². The van der Waals surface area contributed by atoms with Crippen LogP contribution in [0.1, 0.15) is 23.6 Å². The predicted molar refractivity (Wildman–Crippen MR) is 55.6 cm³/mol. The summed E-state index contributed by atoms with van der Waals surface area (Å²) in [5, 5.41) is 19.3. The van der Waals surface area contributed by atoms with Gasteiger partial charge in [-0.2, -0.15) is 0 Å². The van der Waals surface area contributed by atoms with Crippen molar-refractivity contribution in [3.8, 4) is 0 Å². The van der Waals surface area contributed by atoms with Gasteiger partial charge in [-0.05, 0) is 24.5 Å². The van der Waals surface area contributed by atoms with Crippen molar-refractivity contribution in [3.63, 3.8) is 0 Å². The summed E-state index contributed by atoms with van der Waals surface area (Å²) >= 11 is 0. The van der Waals surface area contributed by atoms with Gasteiger partial charge in [0.2, 0.25) is 0 Å². The quantitative estimate of drug-likeness (QED) is 0.731. The zero-order valence-corrected chi connectivity index (χ0v) is 8.82. The minimum Gasteiger partial charge on any atom is -0.479 e. The first-order valence-corrected chi connectivity index (χ1v) is 5.02. The van der Waals surface area contributed by atoms with Gasteiger partial charge in [0, 0.05) is 5.92 Å². The van der Waals surface area contributed by atoms with Crippen molar-refractivity contribution >= 4 is 5.97 Å². The summed E-state index contributed by atoms with van der Waals surface area (Å²) in [6.07, 6.45) is 0.625. The van der Waals surface area contributed by atoms with Crippen LogP contribution in [0.4, 0.5) is 0 Å². The number of benzene rings is 1. The van der Waals surface area contributed by atoms with Gasteiger partial charge in [0.05, 0.1) is 0 Å². The highest BCUT2D eigenvalue weighted by molar-refractivity contribution is 5.81. The topological polar surface area (TPSA) is 57.5 Å². The van der Waals surface area contributed by atoms with Crippen molar-refractivity contribution in [2.24, 2.45) is 5.92 Å². The molecule has 1 aromatic rings. The highest BCUT2D eigenvalue weighted by Gasteiger charge is 2.49. The second-order valence-corrected chi connectivity index (χ2v) is 4.34. The number of hydrogen-bond donors (Lipinski definition) is 2. The molecular formula is C12H14O3. The minimum absolute atomic E-state index is 0.271. The molecule has 3 nitrogen and oxygen atoms in total. The van der Waals surface area contributed by atoms with E-state index in [0.717, 1.165) is 11.1 Å². The number of aliphatic hydroxyl groups is 1. The van der Waals surface area contributed by atoms with Crippen LogP contribution in [0.25, 0.3) is 0 Å². The maximum absolute atomic E-state index is 11.1. The number of hydrogen-bond acceptors (Lipinski definition) is 2. The molecule has 0 saturated carbocycles. The van der Waals surface area contributed by atoms with E-state index >= 15 is 0 Å². The van der Waals surface area contributed by atoms with Gasteiger partial charge in [-0.3, -0.25) is 0 Å². The number of fused-ring (bicyclic) bond motifs is 1. The van der Waals surface area contributed by atoms with Crippen LogP contribution in [0.2, 0.25) is 0 Å². The predicted octanol–water partition coefficient (Wildman–Crippen LogP) is 1.46. The Morgan fingerprint density at radius 2 is 2.20 bits per heavy atom. The summed E-state index contributed by atoms with van der Waals surface area (Å²) in [6.45, 7) is 3.73. The summed E-state index contributed by atoms with van der Waals surface area (Å²) in [4.78, 5) is 11.1. The fraction of sp³-hybridized carbons (Fsp3) is 0.417. The Labute approximate surface area is 88.4 Å². The Balaban J connectivity index is 2.60. The Hall–Kier alpha value is -1.35. The monoisotopic (exact) mass is 206 g/mol. The molecule has 0 amide bonds. The molecule has 1 aliphatic carbocycles. The van der Waals surface area contributed by atoms with E-state index in [-0.39, 0.29) is 5.92 Å². The SMILES string of the molecule is Cc1ccc2c(c1)CC(C)C2(O)C(=O)O. The largest absolute Gasteiger partial charge is 0.479 e. The van der Waals surface area contributed by atoms with E-state index in [0.29, 0.717) is 12.0 Å². The van der Waals surface area contributed by atoms with Gasteiger partial charge in [-0.15, -0.1) is 0 Å². The molecule has 0 aliphatic heterocycles. The lowest BCUT2D eigenvalue weighted by Gasteiger charge is -2.23. The molecular weight excluding hydrogens is 192 g/mol. The van der Waals surface area contributed by atoms with Crippen LogP contribution in [0.5, 0.6) is 0 Å². The minimum atomic E-state index is -1.71. The third-order valence-electron chi connectivity index (χ3n) is 3.24. The maximum Gasteiger partial charge on any atom is 0.340 e. The highest BCUT2D eigenvalue weighted by atomic mass is 16.4. The van der Waals surface area contributed by atoms with Crippen LogP contribution >= 0.6 is 0 Å². The Bertz CT molecular complexity index is 425. The van der Waals surface area contributed by atoms with Crippen molar-refractivity contribution in [2.45, 2.75) is 25.9 Å². The molecule has 1 aromatic carbocycles. The Kier molecular flexibility index (Phi) is 2.08. The van der Waals surface area contributed by atoms with E-state index in [9.17, 15) is 9.90 Å². The zero-order valence-electron chi connectivity index (χ0n) is 8.82. The molecule has 2 atom stereocenters. The first kappa shape index (κ1) is 10.2. The molecule has 2 rings (SSSR count). The lowest BCUT2D eigenvalue weighted by atomic mass is 9.88. The van der Waals surface area contributed by atoms with E-state index in [1.54, 1.807) is 13.0 Å².